The third-order valence-electron chi connectivity index (χ3n) is 6.88. The number of anilines is 3. The molecule has 0 radical (unpaired) electrons. The number of hydrogen-bond acceptors (Lipinski definition) is 7. The Morgan fingerprint density at radius 1 is 1.17 bits per heavy atom. The van der Waals surface area contributed by atoms with E-state index in [1.807, 2.05) is 18.5 Å². The van der Waals surface area contributed by atoms with Crippen LogP contribution in [0.25, 0.3) is 11.2 Å². The fraction of sp³-hybridized carbons (Fsp3) is 0.524. The maximum Gasteiger partial charge on any atom is 0.183 e. The quantitative estimate of drug-likeness (QED) is 0.709. The Balaban J connectivity index is 1.35. The van der Waals surface area contributed by atoms with Crippen LogP contribution in [0.2, 0.25) is 0 Å². The van der Waals surface area contributed by atoms with E-state index in [-0.39, 0.29) is 0 Å². The Kier molecular flexibility index (Phi) is 3.94. The van der Waals surface area contributed by atoms with E-state index in [1.165, 1.54) is 25.7 Å². The van der Waals surface area contributed by atoms with E-state index >= 15 is 0 Å². The van der Waals surface area contributed by atoms with Crippen molar-refractivity contribution in [3.8, 4) is 0 Å². The summed E-state index contributed by atoms with van der Waals surface area (Å²) in [5.41, 5.74) is 9.79. The van der Waals surface area contributed by atoms with Gasteiger partial charge in [0.2, 0.25) is 0 Å². The van der Waals surface area contributed by atoms with Crippen molar-refractivity contribution in [1.82, 2.24) is 25.1 Å². The highest BCUT2D eigenvalue weighted by atomic mass is 15.3. The lowest BCUT2D eigenvalue weighted by atomic mass is 9.91. The molecular formula is C21H26N8. The molecular weight excluding hydrogens is 364 g/mol. The molecule has 0 unspecified atom stereocenters. The van der Waals surface area contributed by atoms with Gasteiger partial charge in [-0.1, -0.05) is 0 Å². The van der Waals surface area contributed by atoms with Crippen LogP contribution in [0, 0.1) is 5.92 Å². The van der Waals surface area contributed by atoms with Crippen molar-refractivity contribution in [3.63, 3.8) is 0 Å². The van der Waals surface area contributed by atoms with Gasteiger partial charge in [-0.3, -0.25) is 10.1 Å². The number of H-pyrrole nitrogens is 1. The van der Waals surface area contributed by atoms with E-state index in [9.17, 15) is 0 Å². The van der Waals surface area contributed by atoms with Crippen LogP contribution < -0.4 is 15.5 Å². The van der Waals surface area contributed by atoms with Gasteiger partial charge in [0.25, 0.3) is 0 Å². The molecule has 0 saturated carbocycles. The summed E-state index contributed by atoms with van der Waals surface area (Å²) in [6.07, 6.45) is 10.6. The zero-order valence-electron chi connectivity index (χ0n) is 16.5. The first-order chi connectivity index (χ1) is 14.3. The molecule has 6 rings (SSSR count). The lowest BCUT2D eigenvalue weighted by Crippen LogP contribution is -2.45. The Morgan fingerprint density at radius 3 is 2.86 bits per heavy atom. The molecule has 2 saturated heterocycles. The number of rotatable bonds is 3. The summed E-state index contributed by atoms with van der Waals surface area (Å²) >= 11 is 0. The second-order valence-corrected chi connectivity index (χ2v) is 8.56. The van der Waals surface area contributed by atoms with Gasteiger partial charge in [0.15, 0.2) is 17.0 Å². The van der Waals surface area contributed by atoms with Gasteiger partial charge in [0.1, 0.15) is 5.82 Å². The van der Waals surface area contributed by atoms with E-state index in [1.54, 1.807) is 0 Å². The topological polar surface area (TPSA) is 99.9 Å². The zero-order chi connectivity index (χ0) is 19.4. The molecule has 0 aliphatic carbocycles. The van der Waals surface area contributed by atoms with Crippen LogP contribution in [0.4, 0.5) is 17.3 Å². The number of piperidine rings is 1. The minimum atomic E-state index is 0.538. The lowest BCUT2D eigenvalue weighted by molar-refractivity contribution is 0.345. The lowest BCUT2D eigenvalue weighted by Gasteiger charge is -2.39. The second-order valence-electron chi connectivity index (χ2n) is 8.56. The van der Waals surface area contributed by atoms with Gasteiger partial charge in [-0.25, -0.2) is 9.97 Å². The SMILES string of the molecule is NCC1C[C@H]2CC[C@H](C1)N2c1cnc2c(N3CCCc4ncccc43)n[nH]c2n1. The van der Waals surface area contributed by atoms with E-state index in [2.05, 4.69) is 31.0 Å². The Hall–Kier alpha value is -2.74. The third-order valence-corrected chi connectivity index (χ3v) is 6.88. The molecule has 3 aliphatic heterocycles. The molecule has 0 amide bonds. The second kappa shape index (κ2) is 6.66. The maximum absolute atomic E-state index is 5.95. The van der Waals surface area contributed by atoms with Gasteiger partial charge >= 0.3 is 0 Å². The fourth-order valence-electron chi connectivity index (χ4n) is 5.56. The largest absolute Gasteiger partial charge is 0.349 e. The van der Waals surface area contributed by atoms with Crippen LogP contribution in [0.5, 0.6) is 0 Å². The van der Waals surface area contributed by atoms with Gasteiger partial charge in [-0.05, 0) is 63.1 Å². The number of nitrogens with zero attached hydrogens (tertiary/aromatic N) is 6. The van der Waals surface area contributed by atoms with Crippen LogP contribution in [-0.4, -0.2) is 50.3 Å². The summed E-state index contributed by atoms with van der Waals surface area (Å²) in [5, 5.41) is 7.73. The highest BCUT2D eigenvalue weighted by Crippen LogP contribution is 2.41. The molecule has 3 aromatic heterocycles. The molecule has 29 heavy (non-hydrogen) atoms. The van der Waals surface area contributed by atoms with E-state index in [0.29, 0.717) is 18.0 Å². The summed E-state index contributed by atoms with van der Waals surface area (Å²) in [6.45, 7) is 1.71. The van der Waals surface area contributed by atoms with Crippen molar-refractivity contribution in [3.05, 3.63) is 30.2 Å². The zero-order valence-corrected chi connectivity index (χ0v) is 16.5. The number of aryl methyl sites for hydroxylation is 1. The monoisotopic (exact) mass is 390 g/mol. The van der Waals surface area contributed by atoms with Crippen LogP contribution in [0.1, 0.15) is 37.8 Å². The van der Waals surface area contributed by atoms with Crippen LogP contribution in [-0.2, 0) is 6.42 Å². The van der Waals surface area contributed by atoms with E-state index < -0.39 is 0 Å². The fourth-order valence-corrected chi connectivity index (χ4v) is 5.56. The highest BCUT2D eigenvalue weighted by Gasteiger charge is 2.41. The summed E-state index contributed by atoms with van der Waals surface area (Å²) in [4.78, 5) is 19.0. The van der Waals surface area contributed by atoms with Crippen LogP contribution in [0.15, 0.2) is 24.5 Å². The molecule has 2 atom stereocenters. The van der Waals surface area contributed by atoms with E-state index in [4.69, 9.17) is 15.7 Å². The number of aromatic amines is 1. The molecule has 8 nitrogen and oxygen atoms in total. The van der Waals surface area contributed by atoms with Gasteiger partial charge in [0, 0.05) is 24.8 Å². The average molecular weight is 390 g/mol. The Morgan fingerprint density at radius 2 is 2.03 bits per heavy atom. The molecule has 8 heteroatoms. The third kappa shape index (κ3) is 2.69. The smallest absolute Gasteiger partial charge is 0.183 e. The molecule has 150 valence electrons. The molecule has 3 aromatic rings. The normalized spacial score (nSPS) is 26.2. The Labute approximate surface area is 169 Å². The van der Waals surface area contributed by atoms with Crippen LogP contribution in [0.3, 0.4) is 0 Å². The number of nitrogens with two attached hydrogens (primary N) is 1. The molecule has 0 aromatic carbocycles. The van der Waals surface area contributed by atoms with Gasteiger partial charge < -0.3 is 15.5 Å². The minimum absolute atomic E-state index is 0.538. The maximum atomic E-state index is 5.95. The van der Waals surface area contributed by atoms with Gasteiger partial charge in [0.05, 0.1) is 17.6 Å². The molecule has 3 aliphatic rings. The first kappa shape index (κ1) is 17.1. The number of pyridine rings is 1. The van der Waals surface area contributed by atoms with Crippen molar-refractivity contribution in [1.29, 1.82) is 0 Å². The Bertz CT molecular complexity index is 1030. The minimum Gasteiger partial charge on any atom is -0.349 e. The van der Waals surface area contributed by atoms with Crippen molar-refractivity contribution >= 4 is 28.5 Å². The highest BCUT2D eigenvalue weighted by molar-refractivity contribution is 5.87. The van der Waals surface area contributed by atoms with Crippen LogP contribution >= 0.6 is 0 Å². The number of aromatic nitrogens is 5. The molecule has 3 N–H and O–H groups in total. The van der Waals surface area contributed by atoms with Crippen molar-refractivity contribution in [2.45, 2.75) is 50.6 Å². The number of hydrogen-bond donors (Lipinski definition) is 2. The predicted octanol–water partition coefficient (Wildman–Crippen LogP) is 2.54. The summed E-state index contributed by atoms with van der Waals surface area (Å²) in [6, 6.07) is 5.17. The molecule has 2 fully saturated rings. The average Bonchev–Trinajstić information content (AvgIpc) is 3.30. The van der Waals surface area contributed by atoms with Crippen molar-refractivity contribution in [2.24, 2.45) is 11.7 Å². The van der Waals surface area contributed by atoms with E-state index in [0.717, 1.165) is 60.1 Å². The first-order valence-corrected chi connectivity index (χ1v) is 10.7. The number of nitrogens with one attached hydrogen (secondary N) is 1. The predicted molar refractivity (Wildman–Crippen MR) is 112 cm³/mol. The summed E-state index contributed by atoms with van der Waals surface area (Å²) in [7, 11) is 0. The standard InChI is InChI=1S/C21H26N8/c22-11-13-9-14-5-6-15(10-13)29(14)18-12-24-19-20(25-18)26-27-21(19)28-8-2-3-16-17(28)4-1-7-23-16/h1,4,7,12-15H,2-3,5-6,8-11,22H2,(H,25,26,27)/t14-,15-/m1/s1. The van der Waals surface area contributed by atoms with Crippen molar-refractivity contribution < 1.29 is 0 Å². The van der Waals surface area contributed by atoms with Gasteiger partial charge in [-0.15, -0.1) is 0 Å². The summed E-state index contributed by atoms with van der Waals surface area (Å²) < 4.78 is 0. The molecule has 2 bridgehead atoms. The number of fused-ring (bicyclic) bond motifs is 4. The molecule has 6 heterocycles. The molecule has 0 spiro atoms. The van der Waals surface area contributed by atoms with Gasteiger partial charge in [-0.2, -0.15) is 5.10 Å². The summed E-state index contributed by atoms with van der Waals surface area (Å²) in [5.74, 6) is 2.46. The van der Waals surface area contributed by atoms with Crippen molar-refractivity contribution in [2.75, 3.05) is 22.9 Å². The first-order valence-electron chi connectivity index (χ1n) is 10.7.